The van der Waals surface area contributed by atoms with E-state index in [-0.39, 0.29) is 0 Å². The summed E-state index contributed by atoms with van der Waals surface area (Å²) in [7, 11) is 0. The van der Waals surface area contributed by atoms with Crippen LogP contribution in [0.2, 0.25) is 0 Å². The second kappa shape index (κ2) is 4.90. The molecule has 4 nitrogen and oxygen atoms in total. The summed E-state index contributed by atoms with van der Waals surface area (Å²) in [6.07, 6.45) is 1.70. The van der Waals surface area contributed by atoms with Crippen LogP contribution in [-0.2, 0) is 6.54 Å². The van der Waals surface area contributed by atoms with Gasteiger partial charge in [-0.15, -0.1) is 0 Å². The molecule has 1 N–H and O–H groups in total. The third-order valence-electron chi connectivity index (χ3n) is 2.88. The van der Waals surface area contributed by atoms with Crippen molar-refractivity contribution in [2.24, 2.45) is 0 Å². The molecule has 0 aliphatic carbocycles. The van der Waals surface area contributed by atoms with Crippen molar-refractivity contribution in [3.05, 3.63) is 42.4 Å². The average Bonchev–Trinajstić information content (AvgIpc) is 3.02. The van der Waals surface area contributed by atoms with Crippen LogP contribution in [0.5, 0.6) is 0 Å². The van der Waals surface area contributed by atoms with Crippen LogP contribution in [-0.4, -0.2) is 11.0 Å². The van der Waals surface area contributed by atoms with Gasteiger partial charge in [-0.05, 0) is 12.1 Å². The summed E-state index contributed by atoms with van der Waals surface area (Å²) < 4.78 is 11.4. The number of hydrogen-bond donors (Lipinski definition) is 1. The topological polar surface area (TPSA) is 51.2 Å². The van der Waals surface area contributed by atoms with Gasteiger partial charge in [0.25, 0.3) is 0 Å². The molecule has 0 unspecified atom stereocenters. The highest BCUT2D eigenvalue weighted by molar-refractivity contribution is 5.81. The Bertz CT molecular complexity index is 649. The molecule has 0 amide bonds. The normalized spacial score (nSPS) is 11.5. The number of furan rings is 1. The van der Waals surface area contributed by atoms with E-state index in [0.29, 0.717) is 30.0 Å². The van der Waals surface area contributed by atoms with Crippen LogP contribution in [0.4, 0.5) is 0 Å². The summed E-state index contributed by atoms with van der Waals surface area (Å²) in [6.45, 7) is 4.80. The van der Waals surface area contributed by atoms with Gasteiger partial charge in [-0.3, -0.25) is 0 Å². The molecular formula is C15H16N2O2. The molecule has 3 aromatic rings. The molecule has 0 aliphatic rings. The maximum atomic E-state index is 5.74. The molecule has 4 heteroatoms. The van der Waals surface area contributed by atoms with Crippen molar-refractivity contribution in [1.29, 1.82) is 0 Å². The largest absolute Gasteiger partial charge is 0.453 e. The molecule has 1 aromatic carbocycles. The highest BCUT2D eigenvalue weighted by Crippen LogP contribution is 2.27. The third kappa shape index (κ3) is 2.53. The predicted molar refractivity (Wildman–Crippen MR) is 73.7 cm³/mol. The van der Waals surface area contributed by atoms with Crippen LogP contribution in [0.25, 0.3) is 22.5 Å². The molecule has 0 saturated carbocycles. The van der Waals surface area contributed by atoms with Gasteiger partial charge in [-0.2, -0.15) is 0 Å². The van der Waals surface area contributed by atoms with E-state index in [1.165, 1.54) is 0 Å². The van der Waals surface area contributed by atoms with Gasteiger partial charge in [0.2, 0.25) is 5.89 Å². The second-order valence-corrected chi connectivity index (χ2v) is 4.80. The monoisotopic (exact) mass is 256 g/mol. The van der Waals surface area contributed by atoms with E-state index in [0.717, 1.165) is 11.0 Å². The molecule has 0 aliphatic heterocycles. The van der Waals surface area contributed by atoms with Gasteiger partial charge in [0.15, 0.2) is 11.5 Å². The first-order valence-electron chi connectivity index (χ1n) is 6.39. The number of benzene rings is 1. The van der Waals surface area contributed by atoms with Gasteiger partial charge in [0, 0.05) is 11.4 Å². The van der Waals surface area contributed by atoms with E-state index in [2.05, 4.69) is 24.1 Å². The molecule has 19 heavy (non-hydrogen) atoms. The number of oxazole rings is 1. The van der Waals surface area contributed by atoms with Gasteiger partial charge in [-0.25, -0.2) is 4.98 Å². The molecule has 0 fully saturated rings. The number of fused-ring (bicyclic) bond motifs is 1. The number of rotatable bonds is 4. The molecule has 0 spiro atoms. The summed E-state index contributed by atoms with van der Waals surface area (Å²) >= 11 is 0. The highest BCUT2D eigenvalue weighted by Gasteiger charge is 2.11. The summed E-state index contributed by atoms with van der Waals surface area (Å²) in [5.74, 6) is 2.05. The van der Waals surface area contributed by atoms with Crippen molar-refractivity contribution >= 4 is 11.0 Å². The Morgan fingerprint density at radius 1 is 1.16 bits per heavy atom. The molecular weight excluding hydrogens is 240 g/mol. The lowest BCUT2D eigenvalue weighted by atomic mass is 10.2. The van der Waals surface area contributed by atoms with Crippen LogP contribution in [0.15, 0.2) is 45.4 Å². The predicted octanol–water partition coefficient (Wildman–Crippen LogP) is 3.59. The molecule has 2 aromatic heterocycles. The second-order valence-electron chi connectivity index (χ2n) is 4.80. The van der Waals surface area contributed by atoms with E-state index in [9.17, 15) is 0 Å². The van der Waals surface area contributed by atoms with Crippen LogP contribution < -0.4 is 5.32 Å². The number of nitrogens with zero attached hydrogens (tertiary/aromatic N) is 1. The van der Waals surface area contributed by atoms with Crippen LogP contribution in [0.3, 0.4) is 0 Å². The number of hydrogen-bond acceptors (Lipinski definition) is 4. The summed E-state index contributed by atoms with van der Waals surface area (Å²) in [4.78, 5) is 4.25. The molecule has 0 saturated heterocycles. The molecule has 98 valence electrons. The van der Waals surface area contributed by atoms with E-state index in [4.69, 9.17) is 8.83 Å². The highest BCUT2D eigenvalue weighted by atomic mass is 16.4. The lowest BCUT2D eigenvalue weighted by Gasteiger charge is -2.03. The SMILES string of the molecule is CC(C)NCc1ncc(-c2cc3ccccc3o2)o1. The molecule has 0 bridgehead atoms. The number of aromatic nitrogens is 1. The van der Waals surface area contributed by atoms with Crippen molar-refractivity contribution in [1.82, 2.24) is 10.3 Å². The van der Waals surface area contributed by atoms with E-state index >= 15 is 0 Å². The Labute approximate surface area is 111 Å². The zero-order valence-electron chi connectivity index (χ0n) is 11.0. The zero-order valence-corrected chi connectivity index (χ0v) is 11.0. The van der Waals surface area contributed by atoms with Gasteiger partial charge < -0.3 is 14.2 Å². The zero-order chi connectivity index (χ0) is 13.2. The van der Waals surface area contributed by atoms with Crippen LogP contribution in [0, 0.1) is 0 Å². The Kier molecular flexibility index (Phi) is 3.09. The van der Waals surface area contributed by atoms with Crippen molar-refractivity contribution < 1.29 is 8.83 Å². The van der Waals surface area contributed by atoms with Gasteiger partial charge in [0.1, 0.15) is 5.58 Å². The fraction of sp³-hybridized carbons (Fsp3) is 0.267. The maximum absolute atomic E-state index is 5.74. The van der Waals surface area contributed by atoms with Crippen molar-refractivity contribution in [2.75, 3.05) is 0 Å². The Hall–Kier alpha value is -2.07. The first-order valence-corrected chi connectivity index (χ1v) is 6.39. The molecule has 2 heterocycles. The molecule has 0 radical (unpaired) electrons. The van der Waals surface area contributed by atoms with E-state index in [1.54, 1.807) is 6.20 Å². The van der Waals surface area contributed by atoms with Gasteiger partial charge in [0.05, 0.1) is 12.7 Å². The Morgan fingerprint density at radius 2 is 2.00 bits per heavy atom. The molecule has 0 atom stereocenters. The third-order valence-corrected chi connectivity index (χ3v) is 2.88. The first-order chi connectivity index (χ1) is 9.22. The van der Waals surface area contributed by atoms with Gasteiger partial charge in [-0.1, -0.05) is 32.0 Å². The summed E-state index contributed by atoms with van der Waals surface area (Å²) in [5, 5.41) is 4.33. The summed E-state index contributed by atoms with van der Waals surface area (Å²) in [5.41, 5.74) is 0.857. The average molecular weight is 256 g/mol. The lowest BCUT2D eigenvalue weighted by molar-refractivity contribution is 0.450. The number of nitrogens with one attached hydrogen (secondary N) is 1. The van der Waals surface area contributed by atoms with E-state index in [1.807, 2.05) is 30.3 Å². The minimum Gasteiger partial charge on any atom is -0.453 e. The van der Waals surface area contributed by atoms with Crippen molar-refractivity contribution in [3.8, 4) is 11.5 Å². The van der Waals surface area contributed by atoms with Gasteiger partial charge >= 0.3 is 0 Å². The molecule has 3 rings (SSSR count). The summed E-state index contributed by atoms with van der Waals surface area (Å²) in [6, 6.07) is 10.3. The standard InChI is InChI=1S/C15H16N2O2/c1-10(2)16-9-15-17-8-14(19-15)13-7-11-5-3-4-6-12(11)18-13/h3-8,10,16H,9H2,1-2H3. The van der Waals surface area contributed by atoms with E-state index < -0.39 is 0 Å². The minimum atomic E-state index is 0.404. The Balaban J connectivity index is 1.85. The minimum absolute atomic E-state index is 0.404. The smallest absolute Gasteiger partial charge is 0.209 e. The van der Waals surface area contributed by atoms with Crippen LogP contribution >= 0.6 is 0 Å². The Morgan fingerprint density at radius 3 is 2.79 bits per heavy atom. The maximum Gasteiger partial charge on any atom is 0.209 e. The quantitative estimate of drug-likeness (QED) is 0.775. The fourth-order valence-corrected chi connectivity index (χ4v) is 1.90. The fourth-order valence-electron chi connectivity index (χ4n) is 1.90. The number of para-hydroxylation sites is 1. The van der Waals surface area contributed by atoms with Crippen molar-refractivity contribution in [3.63, 3.8) is 0 Å². The van der Waals surface area contributed by atoms with Crippen LogP contribution in [0.1, 0.15) is 19.7 Å². The first kappa shape index (κ1) is 12.0. The van der Waals surface area contributed by atoms with Crippen molar-refractivity contribution in [2.45, 2.75) is 26.4 Å². The lowest BCUT2D eigenvalue weighted by Crippen LogP contribution is -2.21.